The first-order valence-electron chi connectivity index (χ1n) is 8.43. The molecule has 0 radical (unpaired) electrons. The number of nitrogens with zero attached hydrogens (tertiary/aromatic N) is 2. The van der Waals surface area contributed by atoms with Crippen LogP contribution >= 0.6 is 0 Å². The molecule has 1 aromatic heterocycles. The quantitative estimate of drug-likeness (QED) is 0.893. The Morgan fingerprint density at radius 2 is 2.10 bits per heavy atom. The molecular formula is C18H31N3. The monoisotopic (exact) mass is 289 g/mol. The highest BCUT2D eigenvalue weighted by Crippen LogP contribution is 2.31. The van der Waals surface area contributed by atoms with Gasteiger partial charge in [-0.05, 0) is 50.8 Å². The van der Waals surface area contributed by atoms with Crippen molar-refractivity contribution in [2.45, 2.75) is 66.0 Å². The summed E-state index contributed by atoms with van der Waals surface area (Å²) in [6, 6.07) is 2.84. The molecule has 1 heterocycles. The van der Waals surface area contributed by atoms with Crippen LogP contribution in [0.5, 0.6) is 0 Å². The number of aromatic nitrogens is 1. The first-order chi connectivity index (χ1) is 10.0. The smallest absolute Gasteiger partial charge is 0.133 e. The van der Waals surface area contributed by atoms with E-state index in [1.807, 2.05) is 0 Å². The molecule has 0 aromatic carbocycles. The summed E-state index contributed by atoms with van der Waals surface area (Å²) in [6.07, 6.45) is 5.33. The van der Waals surface area contributed by atoms with Crippen LogP contribution in [0.15, 0.2) is 6.07 Å². The molecule has 0 saturated heterocycles. The van der Waals surface area contributed by atoms with E-state index in [2.05, 4.69) is 51.0 Å². The van der Waals surface area contributed by atoms with E-state index >= 15 is 0 Å². The molecule has 118 valence electrons. The molecule has 1 fully saturated rings. The van der Waals surface area contributed by atoms with Gasteiger partial charge in [-0.25, -0.2) is 4.98 Å². The molecule has 1 aliphatic carbocycles. The molecule has 3 heteroatoms. The third kappa shape index (κ3) is 3.97. The van der Waals surface area contributed by atoms with Crippen LogP contribution in [-0.4, -0.2) is 24.6 Å². The Hall–Kier alpha value is -1.09. The summed E-state index contributed by atoms with van der Waals surface area (Å²) >= 11 is 0. The minimum absolute atomic E-state index is 0.642. The van der Waals surface area contributed by atoms with Crippen molar-refractivity contribution in [3.8, 4) is 0 Å². The van der Waals surface area contributed by atoms with Crippen LogP contribution < -0.4 is 10.2 Å². The van der Waals surface area contributed by atoms with Crippen LogP contribution in [0.4, 0.5) is 5.82 Å². The van der Waals surface area contributed by atoms with Crippen molar-refractivity contribution < 1.29 is 0 Å². The number of hydrogen-bond acceptors (Lipinski definition) is 3. The second-order valence-corrected chi connectivity index (χ2v) is 6.70. The number of rotatable bonds is 5. The average molecular weight is 289 g/mol. The van der Waals surface area contributed by atoms with Gasteiger partial charge >= 0.3 is 0 Å². The van der Waals surface area contributed by atoms with Gasteiger partial charge in [-0.2, -0.15) is 0 Å². The van der Waals surface area contributed by atoms with Gasteiger partial charge in [0, 0.05) is 30.9 Å². The third-order valence-electron chi connectivity index (χ3n) is 4.80. The highest BCUT2D eigenvalue weighted by molar-refractivity contribution is 5.52. The molecule has 2 atom stereocenters. The lowest BCUT2D eigenvalue weighted by atomic mass is 9.86. The van der Waals surface area contributed by atoms with Crippen LogP contribution in [0.25, 0.3) is 0 Å². The van der Waals surface area contributed by atoms with E-state index in [-0.39, 0.29) is 0 Å². The van der Waals surface area contributed by atoms with Crippen molar-refractivity contribution in [1.29, 1.82) is 0 Å². The van der Waals surface area contributed by atoms with Gasteiger partial charge in [0.05, 0.1) is 0 Å². The van der Waals surface area contributed by atoms with Gasteiger partial charge in [-0.3, -0.25) is 0 Å². The van der Waals surface area contributed by atoms with Crippen molar-refractivity contribution in [1.82, 2.24) is 10.3 Å². The van der Waals surface area contributed by atoms with Crippen LogP contribution in [-0.2, 0) is 6.54 Å². The fourth-order valence-electron chi connectivity index (χ4n) is 3.53. The molecule has 0 bridgehead atoms. The van der Waals surface area contributed by atoms with Crippen LogP contribution in [0.3, 0.4) is 0 Å². The summed E-state index contributed by atoms with van der Waals surface area (Å²) in [5, 5.41) is 3.47. The first kappa shape index (κ1) is 16.3. The van der Waals surface area contributed by atoms with Crippen LogP contribution in [0.2, 0.25) is 0 Å². The summed E-state index contributed by atoms with van der Waals surface area (Å²) < 4.78 is 0. The lowest BCUT2D eigenvalue weighted by Gasteiger charge is -2.36. The van der Waals surface area contributed by atoms with Crippen LogP contribution in [0.1, 0.15) is 56.4 Å². The highest BCUT2D eigenvalue weighted by Gasteiger charge is 2.25. The second kappa shape index (κ2) is 7.26. The Kier molecular flexibility index (Phi) is 5.63. The number of nitrogens with one attached hydrogen (secondary N) is 1. The van der Waals surface area contributed by atoms with Crippen LogP contribution in [0, 0.1) is 19.8 Å². The maximum absolute atomic E-state index is 4.87. The molecule has 1 saturated carbocycles. The fraction of sp³-hybridized carbons (Fsp3) is 0.722. The Bertz CT molecular complexity index is 470. The minimum atomic E-state index is 0.642. The Balaban J connectivity index is 2.27. The molecule has 1 aliphatic rings. The number of aryl methyl sites for hydroxylation is 2. The molecule has 3 nitrogen and oxygen atoms in total. The van der Waals surface area contributed by atoms with E-state index in [9.17, 15) is 0 Å². The van der Waals surface area contributed by atoms with Gasteiger partial charge in [0.2, 0.25) is 0 Å². The summed E-state index contributed by atoms with van der Waals surface area (Å²) in [5.41, 5.74) is 3.84. The lowest BCUT2D eigenvalue weighted by Crippen LogP contribution is -2.37. The Morgan fingerprint density at radius 1 is 1.33 bits per heavy atom. The zero-order valence-corrected chi connectivity index (χ0v) is 14.4. The van der Waals surface area contributed by atoms with Crippen molar-refractivity contribution >= 4 is 5.82 Å². The zero-order valence-electron chi connectivity index (χ0n) is 14.4. The van der Waals surface area contributed by atoms with E-state index in [0.717, 1.165) is 24.7 Å². The van der Waals surface area contributed by atoms with Crippen molar-refractivity contribution in [3.63, 3.8) is 0 Å². The normalized spacial score (nSPS) is 22.3. The van der Waals surface area contributed by atoms with Gasteiger partial charge in [0.25, 0.3) is 0 Å². The van der Waals surface area contributed by atoms with E-state index in [4.69, 9.17) is 4.98 Å². The van der Waals surface area contributed by atoms with E-state index in [1.54, 1.807) is 0 Å². The highest BCUT2D eigenvalue weighted by atomic mass is 15.2. The molecule has 0 aliphatic heterocycles. The van der Waals surface area contributed by atoms with E-state index in [0.29, 0.717) is 6.04 Å². The average Bonchev–Trinajstić information content (AvgIpc) is 2.45. The van der Waals surface area contributed by atoms with Gasteiger partial charge in [-0.1, -0.05) is 26.7 Å². The summed E-state index contributed by atoms with van der Waals surface area (Å²) in [7, 11) is 2.24. The fourth-order valence-corrected chi connectivity index (χ4v) is 3.53. The van der Waals surface area contributed by atoms with Crippen molar-refractivity contribution in [3.05, 3.63) is 22.9 Å². The predicted molar refractivity (Wildman–Crippen MR) is 90.9 cm³/mol. The van der Waals surface area contributed by atoms with E-state index in [1.165, 1.54) is 42.6 Å². The second-order valence-electron chi connectivity index (χ2n) is 6.70. The standard InChI is InChI=1S/C18H31N3/c1-6-19-12-17-14(3)11-15(4)20-18(17)21(5)16-9-7-8-13(2)10-16/h11,13,16,19H,6-10,12H2,1-5H3. The number of hydrogen-bond donors (Lipinski definition) is 1. The predicted octanol–water partition coefficient (Wildman–Crippen LogP) is 3.82. The molecule has 1 N–H and O–H groups in total. The molecule has 0 spiro atoms. The molecule has 21 heavy (non-hydrogen) atoms. The SMILES string of the molecule is CCNCc1c(C)cc(C)nc1N(C)C1CCCC(C)C1. The largest absolute Gasteiger partial charge is 0.356 e. The van der Waals surface area contributed by atoms with Gasteiger partial charge < -0.3 is 10.2 Å². The summed E-state index contributed by atoms with van der Waals surface area (Å²) in [4.78, 5) is 7.32. The lowest BCUT2D eigenvalue weighted by molar-refractivity contribution is 0.335. The number of pyridine rings is 1. The maximum atomic E-state index is 4.87. The van der Waals surface area contributed by atoms with Gasteiger partial charge in [0.1, 0.15) is 5.82 Å². The summed E-state index contributed by atoms with van der Waals surface area (Å²) in [6.45, 7) is 10.8. The maximum Gasteiger partial charge on any atom is 0.133 e. The Labute approximate surface area is 130 Å². The zero-order chi connectivity index (χ0) is 15.4. The van der Waals surface area contributed by atoms with Gasteiger partial charge in [0.15, 0.2) is 0 Å². The molecule has 0 amide bonds. The molecular weight excluding hydrogens is 258 g/mol. The van der Waals surface area contributed by atoms with Crippen molar-refractivity contribution in [2.24, 2.45) is 5.92 Å². The van der Waals surface area contributed by atoms with Crippen molar-refractivity contribution in [2.75, 3.05) is 18.5 Å². The Morgan fingerprint density at radius 3 is 2.76 bits per heavy atom. The molecule has 2 unspecified atom stereocenters. The minimum Gasteiger partial charge on any atom is -0.356 e. The first-order valence-corrected chi connectivity index (χ1v) is 8.43. The third-order valence-corrected chi connectivity index (χ3v) is 4.80. The molecule has 2 rings (SSSR count). The molecule has 1 aromatic rings. The number of anilines is 1. The van der Waals surface area contributed by atoms with E-state index < -0.39 is 0 Å². The summed E-state index contributed by atoms with van der Waals surface area (Å²) in [5.74, 6) is 2.03. The topological polar surface area (TPSA) is 28.2 Å². The van der Waals surface area contributed by atoms with Gasteiger partial charge in [-0.15, -0.1) is 0 Å².